The molecule has 2 rings (SSSR count). The second kappa shape index (κ2) is 14.4. The van der Waals surface area contributed by atoms with Crippen LogP contribution in [0.3, 0.4) is 0 Å². The fraction of sp³-hybridized carbons (Fsp3) is 0.556. The van der Waals surface area contributed by atoms with Crippen molar-refractivity contribution in [3.05, 3.63) is 52.7 Å². The van der Waals surface area contributed by atoms with Crippen LogP contribution in [0.4, 0.5) is 0 Å². The number of hydrogen-bond acceptors (Lipinski definition) is 5. The first-order chi connectivity index (χ1) is 16.0. The second-order valence-corrected chi connectivity index (χ2v) is 8.49. The molecule has 0 atom stereocenters. The maximum Gasteiger partial charge on any atom is 0.233 e. The van der Waals surface area contributed by atoms with Gasteiger partial charge in [0.05, 0.1) is 12.3 Å². The number of aromatic nitrogens is 2. The summed E-state index contributed by atoms with van der Waals surface area (Å²) in [6, 6.07) is 6.24. The molecule has 0 fully saturated rings. The lowest BCUT2D eigenvalue weighted by molar-refractivity contribution is 0.213. The Morgan fingerprint density at radius 3 is 2.33 bits per heavy atom. The lowest BCUT2D eigenvalue weighted by Crippen LogP contribution is -2.04. The molecule has 1 heterocycles. The Bertz CT molecular complexity index is 892. The number of allylic oxidation sites excluding steroid dienone is 1. The number of aryl methyl sites for hydroxylation is 3. The lowest BCUT2D eigenvalue weighted by atomic mass is 9.96. The van der Waals surface area contributed by atoms with E-state index in [1.807, 2.05) is 39.1 Å². The van der Waals surface area contributed by atoms with Crippen LogP contribution in [0.5, 0.6) is 11.6 Å². The van der Waals surface area contributed by atoms with Gasteiger partial charge in [-0.1, -0.05) is 43.0 Å². The lowest BCUT2D eigenvalue weighted by Gasteiger charge is -2.13. The van der Waals surface area contributed by atoms with Crippen molar-refractivity contribution in [2.24, 2.45) is 12.2 Å². The van der Waals surface area contributed by atoms with Crippen molar-refractivity contribution in [3.8, 4) is 11.6 Å². The quantitative estimate of drug-likeness (QED) is 0.136. The minimum atomic E-state index is 0.631. The molecule has 0 aliphatic rings. The van der Waals surface area contributed by atoms with Gasteiger partial charge in [0.2, 0.25) is 5.88 Å². The highest BCUT2D eigenvalue weighted by molar-refractivity contribution is 5.97. The van der Waals surface area contributed by atoms with Crippen LogP contribution in [-0.2, 0) is 18.3 Å². The molecule has 2 aromatic rings. The minimum Gasteiger partial charge on any atom is -0.490 e. The third kappa shape index (κ3) is 8.95. The molecule has 0 saturated heterocycles. The molecule has 0 amide bonds. The summed E-state index contributed by atoms with van der Waals surface area (Å²) in [6.07, 6.45) is 12.4. The summed E-state index contributed by atoms with van der Waals surface area (Å²) in [6.45, 7) is 9.62. The Labute approximate surface area is 199 Å². The van der Waals surface area contributed by atoms with E-state index in [-0.39, 0.29) is 0 Å². The number of benzene rings is 1. The number of hydrogen-bond donors (Lipinski definition) is 0. The van der Waals surface area contributed by atoms with E-state index in [0.29, 0.717) is 19.1 Å². The van der Waals surface area contributed by atoms with Gasteiger partial charge in [0, 0.05) is 13.1 Å². The summed E-state index contributed by atoms with van der Waals surface area (Å²) in [7, 11) is 3.42. The van der Waals surface area contributed by atoms with Gasteiger partial charge >= 0.3 is 0 Å². The van der Waals surface area contributed by atoms with E-state index < -0.39 is 0 Å². The maximum atomic E-state index is 5.81. The number of ether oxygens (including phenoxy) is 2. The van der Waals surface area contributed by atoms with E-state index in [4.69, 9.17) is 14.3 Å². The van der Waals surface area contributed by atoms with E-state index in [0.717, 1.165) is 30.0 Å². The van der Waals surface area contributed by atoms with Gasteiger partial charge in [-0.25, -0.2) is 0 Å². The Kier molecular flexibility index (Phi) is 11.6. The summed E-state index contributed by atoms with van der Waals surface area (Å²) in [4.78, 5) is 4.83. The highest BCUT2D eigenvalue weighted by Gasteiger charge is 2.09. The Morgan fingerprint density at radius 2 is 1.67 bits per heavy atom. The van der Waals surface area contributed by atoms with Gasteiger partial charge in [0.25, 0.3) is 0 Å². The van der Waals surface area contributed by atoms with Gasteiger partial charge < -0.3 is 14.3 Å². The van der Waals surface area contributed by atoms with E-state index in [1.54, 1.807) is 11.8 Å². The predicted octanol–water partition coefficient (Wildman–Crippen LogP) is 6.32. The Hall–Kier alpha value is -2.76. The molecule has 1 aromatic heterocycles. The van der Waals surface area contributed by atoms with Crippen LogP contribution in [0.1, 0.15) is 74.8 Å². The average Bonchev–Trinajstić information content (AvgIpc) is 3.15. The summed E-state index contributed by atoms with van der Waals surface area (Å²) in [5.41, 5.74) is 5.82. The van der Waals surface area contributed by atoms with Gasteiger partial charge in [0.15, 0.2) is 0 Å². The standard InChI is InChI=1S/C27H41N3O3/c1-7-8-16-32-24-18-21(2)25(22(3)19-24)15-13-11-9-10-12-14-17-33-27-20-26(30(5)28-27)23(4)29-31-6/h7-8,18-20H,9-17H2,1-6H3/b8-7+,29-23?. The van der Waals surface area contributed by atoms with E-state index in [2.05, 4.69) is 36.2 Å². The molecular weight excluding hydrogens is 414 g/mol. The molecule has 6 nitrogen and oxygen atoms in total. The Morgan fingerprint density at radius 1 is 1.00 bits per heavy atom. The molecule has 1 aromatic carbocycles. The predicted molar refractivity (Wildman–Crippen MR) is 136 cm³/mol. The maximum absolute atomic E-state index is 5.81. The van der Waals surface area contributed by atoms with Crippen LogP contribution >= 0.6 is 0 Å². The normalized spacial score (nSPS) is 11.9. The summed E-state index contributed by atoms with van der Waals surface area (Å²) < 4.78 is 13.4. The zero-order chi connectivity index (χ0) is 24.1. The number of nitrogens with zero attached hydrogens (tertiary/aromatic N) is 3. The first-order valence-electron chi connectivity index (χ1n) is 12.0. The van der Waals surface area contributed by atoms with Crippen LogP contribution in [0.2, 0.25) is 0 Å². The van der Waals surface area contributed by atoms with Gasteiger partial charge in [-0.3, -0.25) is 4.68 Å². The molecule has 0 saturated carbocycles. The zero-order valence-electron chi connectivity index (χ0n) is 21.3. The van der Waals surface area contributed by atoms with E-state index in [9.17, 15) is 0 Å². The number of rotatable bonds is 15. The molecule has 0 aliphatic heterocycles. The van der Waals surface area contributed by atoms with Gasteiger partial charge in [-0.2, -0.15) is 0 Å². The summed E-state index contributed by atoms with van der Waals surface area (Å²) in [5.74, 6) is 1.61. The summed E-state index contributed by atoms with van der Waals surface area (Å²) in [5, 5.41) is 8.34. The largest absolute Gasteiger partial charge is 0.490 e. The van der Waals surface area contributed by atoms with Crippen molar-refractivity contribution < 1.29 is 14.3 Å². The summed E-state index contributed by atoms with van der Waals surface area (Å²) >= 11 is 0. The highest BCUT2D eigenvalue weighted by Crippen LogP contribution is 2.24. The van der Waals surface area contributed by atoms with Gasteiger partial charge in [0.1, 0.15) is 25.2 Å². The van der Waals surface area contributed by atoms with Crippen molar-refractivity contribution in [2.45, 2.75) is 72.6 Å². The first kappa shape index (κ1) is 26.5. The molecule has 0 aliphatic carbocycles. The molecule has 33 heavy (non-hydrogen) atoms. The van der Waals surface area contributed by atoms with Crippen LogP contribution in [0, 0.1) is 13.8 Å². The van der Waals surface area contributed by atoms with Crippen molar-refractivity contribution >= 4 is 5.71 Å². The van der Waals surface area contributed by atoms with Gasteiger partial charge in [-0.15, -0.1) is 5.10 Å². The SMILES string of the molecule is C/C=C/COc1cc(C)c(CCCCCCCCOc2cc(C(C)=NOC)n(C)n2)c(C)c1. The van der Waals surface area contributed by atoms with E-state index in [1.165, 1.54) is 48.8 Å². The van der Waals surface area contributed by atoms with Gasteiger partial charge in [-0.05, 0) is 75.8 Å². The topological polar surface area (TPSA) is 57.9 Å². The fourth-order valence-corrected chi connectivity index (χ4v) is 3.99. The van der Waals surface area contributed by atoms with Crippen molar-refractivity contribution in [1.29, 1.82) is 0 Å². The molecular formula is C27H41N3O3. The Balaban J connectivity index is 1.60. The highest BCUT2D eigenvalue weighted by atomic mass is 16.6. The fourth-order valence-electron chi connectivity index (χ4n) is 3.99. The second-order valence-electron chi connectivity index (χ2n) is 8.49. The third-order valence-corrected chi connectivity index (χ3v) is 5.78. The average molecular weight is 456 g/mol. The van der Waals surface area contributed by atoms with Crippen LogP contribution in [0.25, 0.3) is 0 Å². The first-order valence-corrected chi connectivity index (χ1v) is 12.0. The van der Waals surface area contributed by atoms with Crippen molar-refractivity contribution in [1.82, 2.24) is 9.78 Å². The van der Waals surface area contributed by atoms with Crippen molar-refractivity contribution in [3.63, 3.8) is 0 Å². The van der Waals surface area contributed by atoms with Crippen LogP contribution in [0.15, 0.2) is 35.5 Å². The number of oxime groups is 1. The van der Waals surface area contributed by atoms with Crippen LogP contribution < -0.4 is 9.47 Å². The van der Waals surface area contributed by atoms with Crippen LogP contribution in [-0.4, -0.2) is 35.8 Å². The minimum absolute atomic E-state index is 0.631. The monoisotopic (exact) mass is 455 g/mol. The molecule has 0 unspecified atom stereocenters. The molecule has 182 valence electrons. The number of unbranched alkanes of at least 4 members (excludes halogenated alkanes) is 5. The molecule has 0 radical (unpaired) electrons. The third-order valence-electron chi connectivity index (χ3n) is 5.78. The van der Waals surface area contributed by atoms with Crippen molar-refractivity contribution in [2.75, 3.05) is 20.3 Å². The zero-order valence-corrected chi connectivity index (χ0v) is 21.3. The molecule has 0 bridgehead atoms. The molecule has 0 N–H and O–H groups in total. The molecule has 6 heteroatoms. The molecule has 0 spiro atoms. The smallest absolute Gasteiger partial charge is 0.233 e. The van der Waals surface area contributed by atoms with E-state index >= 15 is 0 Å².